The molecule has 0 aliphatic carbocycles. The van der Waals surface area contributed by atoms with Crippen molar-refractivity contribution in [3.05, 3.63) is 59.8 Å². The first-order valence-corrected chi connectivity index (χ1v) is 12.0. The second-order valence-corrected chi connectivity index (χ2v) is 8.97. The van der Waals surface area contributed by atoms with E-state index < -0.39 is 0 Å². The molecule has 2 aliphatic rings. The highest BCUT2D eigenvalue weighted by atomic mass is 16.5. The number of hydrogen-bond donors (Lipinski definition) is 1. The highest BCUT2D eigenvalue weighted by Gasteiger charge is 2.26. The van der Waals surface area contributed by atoms with Crippen LogP contribution in [0, 0.1) is 5.92 Å². The Hall–Kier alpha value is -3.39. The van der Waals surface area contributed by atoms with E-state index in [0.29, 0.717) is 57.2 Å². The number of carbonyl (C=O) groups excluding carboxylic acids is 2. The predicted octanol–water partition coefficient (Wildman–Crippen LogP) is 2.90. The maximum Gasteiger partial charge on any atom is 0.257 e. The molecule has 2 fully saturated rings. The van der Waals surface area contributed by atoms with Gasteiger partial charge in [-0.3, -0.25) is 14.7 Å². The van der Waals surface area contributed by atoms with Crippen LogP contribution in [0.5, 0.6) is 5.75 Å². The van der Waals surface area contributed by atoms with E-state index in [2.05, 4.69) is 16.3 Å². The third-order valence-corrected chi connectivity index (χ3v) is 6.62. The summed E-state index contributed by atoms with van der Waals surface area (Å²) in [5, 5.41) is 8.29. The third kappa shape index (κ3) is 4.92. The molecule has 2 amide bonds. The number of H-pyrrole nitrogens is 1. The molecule has 1 N–H and O–H groups in total. The number of aromatic amines is 1. The van der Waals surface area contributed by atoms with Crippen molar-refractivity contribution in [1.29, 1.82) is 0 Å². The first-order valence-electron chi connectivity index (χ1n) is 12.0. The molecule has 2 aliphatic heterocycles. The van der Waals surface area contributed by atoms with E-state index >= 15 is 0 Å². The topological polar surface area (TPSA) is 87.8 Å². The summed E-state index contributed by atoms with van der Waals surface area (Å²) in [6.45, 7) is 3.98. The standard InChI is InChI=1S/C26H30N4O4/c31-25-9-4-10-29(25)12-14-34-24-8-2-1-6-21(24)26(32)30-11-13-33-18-19(17-30)15-20-5-3-7-23-22(20)16-27-28-23/h1-3,5-8,16,19H,4,9-15,17-18H2,(H,27,28)/t19-/m1/s1. The van der Waals surface area contributed by atoms with Gasteiger partial charge in [0.15, 0.2) is 0 Å². The van der Waals surface area contributed by atoms with Gasteiger partial charge in [0.1, 0.15) is 12.4 Å². The summed E-state index contributed by atoms with van der Waals surface area (Å²) < 4.78 is 11.8. The molecular weight excluding hydrogens is 432 g/mol. The van der Waals surface area contributed by atoms with Crippen molar-refractivity contribution in [1.82, 2.24) is 20.0 Å². The SMILES string of the molecule is O=C1CCCN1CCOc1ccccc1C(=O)N1CCOC[C@H](Cc2cccc3[nH]ncc23)C1. The third-order valence-electron chi connectivity index (χ3n) is 6.62. The number of rotatable bonds is 7. The molecule has 1 atom stereocenters. The Morgan fingerprint density at radius 2 is 2.09 bits per heavy atom. The number of amides is 2. The van der Waals surface area contributed by atoms with Crippen molar-refractivity contribution >= 4 is 22.7 Å². The summed E-state index contributed by atoms with van der Waals surface area (Å²) in [5.41, 5.74) is 2.77. The smallest absolute Gasteiger partial charge is 0.257 e. The number of aromatic nitrogens is 2. The Bertz CT molecular complexity index is 1160. The molecule has 8 heteroatoms. The quantitative estimate of drug-likeness (QED) is 0.583. The number of carbonyl (C=O) groups is 2. The zero-order chi connectivity index (χ0) is 23.3. The van der Waals surface area contributed by atoms with Crippen LogP contribution in [-0.4, -0.2) is 77.8 Å². The number of fused-ring (bicyclic) bond motifs is 1. The van der Waals surface area contributed by atoms with Crippen LogP contribution < -0.4 is 4.74 Å². The number of nitrogens with one attached hydrogen (secondary N) is 1. The second kappa shape index (κ2) is 10.3. The molecule has 0 radical (unpaired) electrons. The van der Waals surface area contributed by atoms with Gasteiger partial charge in [0.2, 0.25) is 5.91 Å². The van der Waals surface area contributed by atoms with Gasteiger partial charge in [-0.25, -0.2) is 0 Å². The first-order chi connectivity index (χ1) is 16.7. The van der Waals surface area contributed by atoms with Crippen molar-refractivity contribution < 1.29 is 19.1 Å². The van der Waals surface area contributed by atoms with Gasteiger partial charge < -0.3 is 19.3 Å². The largest absolute Gasteiger partial charge is 0.491 e. The van der Waals surface area contributed by atoms with E-state index in [0.717, 1.165) is 30.3 Å². The highest BCUT2D eigenvalue weighted by Crippen LogP contribution is 2.24. The van der Waals surface area contributed by atoms with Crippen molar-refractivity contribution in [2.75, 3.05) is 46.0 Å². The molecule has 0 bridgehead atoms. The van der Waals surface area contributed by atoms with Gasteiger partial charge in [-0.05, 0) is 36.6 Å². The molecule has 5 rings (SSSR count). The number of ether oxygens (including phenoxy) is 2. The van der Waals surface area contributed by atoms with Crippen LogP contribution in [0.25, 0.3) is 10.9 Å². The van der Waals surface area contributed by atoms with Crippen LogP contribution in [-0.2, 0) is 16.0 Å². The molecule has 8 nitrogen and oxygen atoms in total. The monoisotopic (exact) mass is 462 g/mol. The normalized spacial score (nSPS) is 18.9. The number of nitrogens with zero attached hydrogens (tertiary/aromatic N) is 3. The summed E-state index contributed by atoms with van der Waals surface area (Å²) in [5.74, 6) is 0.866. The van der Waals surface area contributed by atoms with E-state index in [9.17, 15) is 9.59 Å². The second-order valence-electron chi connectivity index (χ2n) is 8.97. The van der Waals surface area contributed by atoms with Gasteiger partial charge in [0, 0.05) is 37.4 Å². The summed E-state index contributed by atoms with van der Waals surface area (Å²) in [4.78, 5) is 29.1. The lowest BCUT2D eigenvalue weighted by Crippen LogP contribution is -2.36. The molecular formula is C26H30N4O4. The lowest BCUT2D eigenvalue weighted by atomic mass is 9.97. The minimum Gasteiger partial charge on any atom is -0.491 e. The minimum absolute atomic E-state index is 0.0510. The van der Waals surface area contributed by atoms with E-state index in [1.165, 1.54) is 5.56 Å². The van der Waals surface area contributed by atoms with Crippen LogP contribution in [0.3, 0.4) is 0 Å². The van der Waals surface area contributed by atoms with Gasteiger partial charge in [-0.2, -0.15) is 5.10 Å². The van der Waals surface area contributed by atoms with Crippen LogP contribution in [0.2, 0.25) is 0 Å². The van der Waals surface area contributed by atoms with Gasteiger partial charge in [0.05, 0.1) is 37.0 Å². The highest BCUT2D eigenvalue weighted by molar-refractivity contribution is 5.97. The van der Waals surface area contributed by atoms with E-state index in [4.69, 9.17) is 9.47 Å². The lowest BCUT2D eigenvalue weighted by molar-refractivity contribution is -0.128. The molecule has 3 aromatic rings. The van der Waals surface area contributed by atoms with Crippen LogP contribution in [0.1, 0.15) is 28.8 Å². The van der Waals surface area contributed by atoms with Crippen molar-refractivity contribution in [2.45, 2.75) is 19.3 Å². The number of hydrogen-bond acceptors (Lipinski definition) is 5. The maximum absolute atomic E-state index is 13.5. The Balaban J connectivity index is 1.26. The fourth-order valence-corrected chi connectivity index (χ4v) is 4.85. The Morgan fingerprint density at radius 3 is 2.97 bits per heavy atom. The van der Waals surface area contributed by atoms with E-state index in [1.807, 2.05) is 52.4 Å². The lowest BCUT2D eigenvalue weighted by Gasteiger charge is -2.25. The molecule has 2 saturated heterocycles. The maximum atomic E-state index is 13.5. The van der Waals surface area contributed by atoms with Crippen LogP contribution in [0.15, 0.2) is 48.7 Å². The molecule has 2 aromatic carbocycles. The van der Waals surface area contributed by atoms with E-state index in [-0.39, 0.29) is 17.7 Å². The van der Waals surface area contributed by atoms with Crippen molar-refractivity contribution in [2.24, 2.45) is 5.92 Å². The average Bonchev–Trinajstić information content (AvgIpc) is 3.43. The van der Waals surface area contributed by atoms with Gasteiger partial charge in [0.25, 0.3) is 5.91 Å². The summed E-state index contributed by atoms with van der Waals surface area (Å²) in [7, 11) is 0. The molecule has 0 saturated carbocycles. The zero-order valence-corrected chi connectivity index (χ0v) is 19.2. The molecule has 3 heterocycles. The Kier molecular flexibility index (Phi) is 6.76. The molecule has 0 unspecified atom stereocenters. The zero-order valence-electron chi connectivity index (χ0n) is 19.2. The fourth-order valence-electron chi connectivity index (χ4n) is 4.85. The average molecular weight is 463 g/mol. The Morgan fingerprint density at radius 1 is 1.18 bits per heavy atom. The first kappa shape index (κ1) is 22.4. The van der Waals surface area contributed by atoms with Crippen molar-refractivity contribution in [3.63, 3.8) is 0 Å². The van der Waals surface area contributed by atoms with Gasteiger partial charge in [-0.1, -0.05) is 24.3 Å². The van der Waals surface area contributed by atoms with Gasteiger partial charge in [-0.15, -0.1) is 0 Å². The number of likely N-dealkylation sites (tertiary alicyclic amines) is 1. The summed E-state index contributed by atoms with van der Waals surface area (Å²) in [6.07, 6.45) is 4.18. The number of para-hydroxylation sites is 1. The molecule has 1 aromatic heterocycles. The van der Waals surface area contributed by atoms with Crippen LogP contribution >= 0.6 is 0 Å². The van der Waals surface area contributed by atoms with E-state index in [1.54, 1.807) is 0 Å². The summed E-state index contributed by atoms with van der Waals surface area (Å²) in [6, 6.07) is 13.5. The number of benzene rings is 2. The van der Waals surface area contributed by atoms with Crippen molar-refractivity contribution in [3.8, 4) is 5.75 Å². The Labute approximate surface area is 198 Å². The van der Waals surface area contributed by atoms with Crippen LogP contribution in [0.4, 0.5) is 0 Å². The predicted molar refractivity (Wildman–Crippen MR) is 128 cm³/mol. The fraction of sp³-hybridized carbons (Fsp3) is 0.423. The minimum atomic E-state index is -0.0510. The molecule has 178 valence electrons. The molecule has 34 heavy (non-hydrogen) atoms. The van der Waals surface area contributed by atoms with Gasteiger partial charge >= 0.3 is 0 Å². The summed E-state index contributed by atoms with van der Waals surface area (Å²) >= 11 is 0. The molecule has 0 spiro atoms.